The van der Waals surface area contributed by atoms with Gasteiger partial charge in [-0.2, -0.15) is 0 Å². The predicted molar refractivity (Wildman–Crippen MR) is 127 cm³/mol. The summed E-state index contributed by atoms with van der Waals surface area (Å²) in [5.41, 5.74) is 3.30. The molecule has 30 heavy (non-hydrogen) atoms. The number of hydrogen-bond acceptors (Lipinski definition) is 2. The molecule has 0 bridgehead atoms. The summed E-state index contributed by atoms with van der Waals surface area (Å²) in [5, 5.41) is 0. The quantitative estimate of drug-likeness (QED) is 0.242. The topological polar surface area (TPSA) is 26.3 Å². The summed E-state index contributed by atoms with van der Waals surface area (Å²) in [7, 11) is 0. The monoisotopic (exact) mass is 404 g/mol. The number of ether oxygens (including phenoxy) is 1. The summed E-state index contributed by atoms with van der Waals surface area (Å²) in [5.74, 6) is 2.03. The SMILES string of the molecule is CCC(CC(=O)c1cccc(OC(C)=CC(C)=CC(C)(C)C)c1)Cc1ccccc1. The highest BCUT2D eigenvalue weighted by Crippen LogP contribution is 2.23. The van der Waals surface area contributed by atoms with Crippen molar-refractivity contribution in [3.05, 3.63) is 89.2 Å². The maximum Gasteiger partial charge on any atom is 0.163 e. The molecule has 0 aliphatic heterocycles. The van der Waals surface area contributed by atoms with Crippen molar-refractivity contribution in [3.63, 3.8) is 0 Å². The van der Waals surface area contributed by atoms with E-state index in [-0.39, 0.29) is 11.2 Å². The van der Waals surface area contributed by atoms with Crippen LogP contribution >= 0.6 is 0 Å². The van der Waals surface area contributed by atoms with Crippen molar-refractivity contribution >= 4 is 5.78 Å². The smallest absolute Gasteiger partial charge is 0.163 e. The van der Waals surface area contributed by atoms with E-state index in [9.17, 15) is 4.79 Å². The van der Waals surface area contributed by atoms with Crippen molar-refractivity contribution in [1.82, 2.24) is 0 Å². The Morgan fingerprint density at radius 3 is 2.37 bits per heavy atom. The average molecular weight is 405 g/mol. The van der Waals surface area contributed by atoms with Crippen LogP contribution in [-0.2, 0) is 6.42 Å². The zero-order valence-corrected chi connectivity index (χ0v) is 19.4. The van der Waals surface area contributed by atoms with E-state index in [2.05, 4.69) is 65.0 Å². The molecule has 1 unspecified atom stereocenters. The van der Waals surface area contributed by atoms with Crippen molar-refractivity contribution in [1.29, 1.82) is 0 Å². The van der Waals surface area contributed by atoms with Crippen molar-refractivity contribution in [2.45, 2.75) is 60.8 Å². The Kier molecular flexibility index (Phi) is 8.65. The lowest BCUT2D eigenvalue weighted by Gasteiger charge is -2.15. The van der Waals surface area contributed by atoms with Crippen molar-refractivity contribution in [3.8, 4) is 5.75 Å². The van der Waals surface area contributed by atoms with E-state index in [0.717, 1.165) is 18.6 Å². The second kappa shape index (κ2) is 11.0. The molecule has 0 spiro atoms. The first-order chi connectivity index (χ1) is 14.2. The van der Waals surface area contributed by atoms with Gasteiger partial charge in [0, 0.05) is 12.0 Å². The average Bonchev–Trinajstić information content (AvgIpc) is 2.66. The molecular formula is C28H36O2. The third kappa shape index (κ3) is 8.41. The van der Waals surface area contributed by atoms with Crippen LogP contribution in [0.1, 0.15) is 70.3 Å². The first-order valence-corrected chi connectivity index (χ1v) is 10.9. The molecule has 0 fully saturated rings. The molecule has 0 amide bonds. The van der Waals surface area contributed by atoms with Crippen LogP contribution in [0.2, 0.25) is 0 Å². The van der Waals surface area contributed by atoms with E-state index in [1.807, 2.05) is 43.3 Å². The molecule has 160 valence electrons. The lowest BCUT2D eigenvalue weighted by atomic mass is 9.90. The minimum Gasteiger partial charge on any atom is -0.462 e. The van der Waals surface area contributed by atoms with Gasteiger partial charge in [-0.1, -0.05) is 88.2 Å². The number of allylic oxidation sites excluding steroid dienone is 4. The molecule has 0 aliphatic carbocycles. The normalized spacial score (nSPS) is 13.8. The molecule has 1 atom stereocenters. The van der Waals surface area contributed by atoms with Gasteiger partial charge in [0.25, 0.3) is 0 Å². The van der Waals surface area contributed by atoms with E-state index in [0.29, 0.717) is 23.7 Å². The fourth-order valence-corrected chi connectivity index (χ4v) is 3.68. The molecule has 0 radical (unpaired) electrons. The van der Waals surface area contributed by atoms with Crippen LogP contribution in [0.3, 0.4) is 0 Å². The van der Waals surface area contributed by atoms with Crippen molar-refractivity contribution < 1.29 is 9.53 Å². The van der Waals surface area contributed by atoms with E-state index < -0.39 is 0 Å². The van der Waals surface area contributed by atoms with E-state index >= 15 is 0 Å². The first kappa shape index (κ1) is 23.7. The largest absolute Gasteiger partial charge is 0.462 e. The van der Waals surface area contributed by atoms with Crippen LogP contribution in [0.15, 0.2) is 78.1 Å². The molecular weight excluding hydrogens is 368 g/mol. The second-order valence-corrected chi connectivity index (χ2v) is 9.23. The lowest BCUT2D eigenvalue weighted by molar-refractivity contribution is 0.0959. The van der Waals surface area contributed by atoms with Crippen molar-refractivity contribution in [2.24, 2.45) is 11.3 Å². The number of benzene rings is 2. The summed E-state index contributed by atoms with van der Waals surface area (Å²) in [4.78, 5) is 12.9. The molecule has 0 aliphatic rings. The number of hydrogen-bond donors (Lipinski definition) is 0. The Morgan fingerprint density at radius 2 is 1.73 bits per heavy atom. The molecule has 2 aromatic rings. The fraction of sp³-hybridized carbons (Fsp3) is 0.393. The Balaban J connectivity index is 2.05. The summed E-state index contributed by atoms with van der Waals surface area (Å²) in [6.07, 6.45) is 6.72. The third-order valence-corrected chi connectivity index (χ3v) is 4.95. The summed E-state index contributed by atoms with van der Waals surface area (Å²) < 4.78 is 5.99. The molecule has 2 nitrogen and oxygen atoms in total. The van der Waals surface area contributed by atoms with Crippen LogP contribution in [-0.4, -0.2) is 5.78 Å². The summed E-state index contributed by atoms with van der Waals surface area (Å²) in [6.45, 7) is 12.7. The maximum absolute atomic E-state index is 12.9. The molecule has 0 N–H and O–H groups in total. The minimum atomic E-state index is 0.128. The second-order valence-electron chi connectivity index (χ2n) is 9.23. The van der Waals surface area contributed by atoms with Gasteiger partial charge in [-0.3, -0.25) is 4.79 Å². The standard InChI is InChI=1S/C28H36O2/c1-7-23(17-24-12-9-8-10-13-24)18-27(29)25-14-11-15-26(19-25)30-22(3)16-21(2)20-28(4,5)6/h8-16,19-20,23H,7,17-18H2,1-6H3. The van der Waals surface area contributed by atoms with Gasteiger partial charge in [0.05, 0.1) is 0 Å². The van der Waals surface area contributed by atoms with Crippen LogP contribution in [0, 0.1) is 11.3 Å². The van der Waals surface area contributed by atoms with Crippen LogP contribution in [0.5, 0.6) is 5.75 Å². The first-order valence-electron chi connectivity index (χ1n) is 10.9. The van der Waals surface area contributed by atoms with Gasteiger partial charge in [-0.05, 0) is 55.4 Å². The van der Waals surface area contributed by atoms with Gasteiger partial charge in [0.1, 0.15) is 11.5 Å². The zero-order valence-electron chi connectivity index (χ0n) is 19.4. The minimum absolute atomic E-state index is 0.128. The van der Waals surface area contributed by atoms with Crippen LogP contribution in [0.25, 0.3) is 0 Å². The predicted octanol–water partition coefficient (Wildman–Crippen LogP) is 7.80. The molecule has 0 saturated heterocycles. The van der Waals surface area contributed by atoms with Crippen LogP contribution < -0.4 is 4.74 Å². The van der Waals surface area contributed by atoms with Gasteiger partial charge < -0.3 is 4.74 Å². The van der Waals surface area contributed by atoms with Gasteiger partial charge in [-0.25, -0.2) is 0 Å². The third-order valence-electron chi connectivity index (χ3n) is 4.95. The number of Topliss-reactive ketones (excluding diaryl/α,β-unsaturated/α-hetero) is 1. The molecule has 0 saturated carbocycles. The maximum atomic E-state index is 12.9. The van der Waals surface area contributed by atoms with Gasteiger partial charge in [-0.15, -0.1) is 0 Å². The highest BCUT2D eigenvalue weighted by Gasteiger charge is 2.15. The molecule has 2 aromatic carbocycles. The Bertz CT molecular complexity index is 882. The van der Waals surface area contributed by atoms with Crippen LogP contribution in [0.4, 0.5) is 0 Å². The van der Waals surface area contributed by atoms with E-state index in [1.54, 1.807) is 0 Å². The fourth-order valence-electron chi connectivity index (χ4n) is 3.68. The number of carbonyl (C=O) groups is 1. The lowest BCUT2D eigenvalue weighted by Crippen LogP contribution is -2.11. The Labute approximate surface area is 182 Å². The summed E-state index contributed by atoms with van der Waals surface area (Å²) >= 11 is 0. The van der Waals surface area contributed by atoms with E-state index in [1.165, 1.54) is 11.1 Å². The van der Waals surface area contributed by atoms with Gasteiger partial charge in [0.15, 0.2) is 5.78 Å². The zero-order chi connectivity index (χ0) is 22.1. The van der Waals surface area contributed by atoms with Gasteiger partial charge in [0.2, 0.25) is 0 Å². The number of carbonyl (C=O) groups excluding carboxylic acids is 1. The van der Waals surface area contributed by atoms with Gasteiger partial charge >= 0.3 is 0 Å². The molecule has 0 heterocycles. The summed E-state index contributed by atoms with van der Waals surface area (Å²) in [6, 6.07) is 17.9. The Morgan fingerprint density at radius 1 is 1.03 bits per heavy atom. The molecule has 2 heteroatoms. The number of ketones is 1. The highest BCUT2D eigenvalue weighted by atomic mass is 16.5. The van der Waals surface area contributed by atoms with Crippen molar-refractivity contribution in [2.75, 3.05) is 0 Å². The Hall–Kier alpha value is -2.61. The molecule has 0 aromatic heterocycles. The molecule has 2 rings (SSSR count). The van der Waals surface area contributed by atoms with E-state index in [4.69, 9.17) is 4.74 Å². The number of rotatable bonds is 9. The highest BCUT2D eigenvalue weighted by molar-refractivity contribution is 5.96.